The number of aryl methyl sites for hydroxylation is 1. The van der Waals surface area contributed by atoms with Gasteiger partial charge in [0.15, 0.2) is 0 Å². The molecule has 2 aromatic carbocycles. The highest BCUT2D eigenvalue weighted by Crippen LogP contribution is 2.32. The number of unbranched alkanes of at least 4 members (excludes halogenated alkanes) is 1. The van der Waals surface area contributed by atoms with Crippen molar-refractivity contribution in [2.45, 2.75) is 38.0 Å². The van der Waals surface area contributed by atoms with Gasteiger partial charge in [-0.25, -0.2) is 4.79 Å². The van der Waals surface area contributed by atoms with Crippen molar-refractivity contribution in [3.63, 3.8) is 0 Å². The third kappa shape index (κ3) is 7.93. The molecular formula is C21H19F5O3. The van der Waals surface area contributed by atoms with Crippen LogP contribution in [0.3, 0.4) is 0 Å². The summed E-state index contributed by atoms with van der Waals surface area (Å²) < 4.78 is 69.7. The van der Waals surface area contributed by atoms with Crippen molar-refractivity contribution in [3.8, 4) is 5.75 Å². The summed E-state index contributed by atoms with van der Waals surface area (Å²) in [6.07, 6.45) is -5.68. The van der Waals surface area contributed by atoms with Crippen LogP contribution < -0.4 is 4.74 Å². The molecule has 1 N–H and O–H groups in total. The van der Waals surface area contributed by atoms with Gasteiger partial charge in [0.1, 0.15) is 5.75 Å². The van der Waals surface area contributed by atoms with Gasteiger partial charge in [-0.2, -0.15) is 22.0 Å². The molecule has 0 aromatic heterocycles. The van der Waals surface area contributed by atoms with Gasteiger partial charge < -0.3 is 9.84 Å². The predicted molar refractivity (Wildman–Crippen MR) is 97.7 cm³/mol. The fraction of sp³-hybridized carbons (Fsp3) is 0.286. The van der Waals surface area contributed by atoms with Crippen LogP contribution in [-0.2, 0) is 17.3 Å². The smallest absolute Gasteiger partial charge is 0.426 e. The fourth-order valence-electron chi connectivity index (χ4n) is 2.54. The minimum absolute atomic E-state index is 0.0114. The van der Waals surface area contributed by atoms with E-state index >= 15 is 0 Å². The lowest BCUT2D eigenvalue weighted by molar-refractivity contribution is -0.185. The standard InChI is InChI=1S/C21H19F5O3/c22-20(23,24)14-2-1-3-15-6-11-18(12-7-15)29-21(25,26)17-9-4-16(5-10-17)8-13-19(27)28/h4-13H,1-3,14H2,(H,27,28). The lowest BCUT2D eigenvalue weighted by atomic mass is 10.1. The molecule has 0 aliphatic carbocycles. The third-order valence-electron chi connectivity index (χ3n) is 4.01. The van der Waals surface area contributed by atoms with Crippen LogP contribution in [0.2, 0.25) is 0 Å². The Kier molecular flexibility index (Phi) is 7.36. The molecule has 0 amide bonds. The van der Waals surface area contributed by atoms with E-state index in [1.807, 2.05) is 0 Å². The molecule has 3 nitrogen and oxygen atoms in total. The van der Waals surface area contributed by atoms with Crippen LogP contribution in [0.15, 0.2) is 54.6 Å². The van der Waals surface area contributed by atoms with E-state index in [2.05, 4.69) is 0 Å². The zero-order valence-corrected chi connectivity index (χ0v) is 15.3. The quantitative estimate of drug-likeness (QED) is 0.302. The Labute approximate surface area is 164 Å². The lowest BCUT2D eigenvalue weighted by Gasteiger charge is -2.18. The molecule has 0 aliphatic rings. The molecule has 0 heterocycles. The third-order valence-corrected chi connectivity index (χ3v) is 4.01. The SMILES string of the molecule is O=C(O)C=Cc1ccc(C(F)(F)Oc2ccc(CCCCC(F)(F)F)cc2)cc1. The van der Waals surface area contributed by atoms with Crippen LogP contribution in [0.1, 0.15) is 36.0 Å². The molecule has 8 heteroatoms. The maximum Gasteiger partial charge on any atom is 0.426 e. The second-order valence-electron chi connectivity index (χ2n) is 6.38. The van der Waals surface area contributed by atoms with E-state index in [1.165, 1.54) is 30.3 Å². The molecule has 156 valence electrons. The van der Waals surface area contributed by atoms with Crippen molar-refractivity contribution in [3.05, 3.63) is 71.3 Å². The Balaban J connectivity index is 1.93. The molecule has 0 fully saturated rings. The molecule has 2 aromatic rings. The molecule has 0 atom stereocenters. The molecule has 0 aliphatic heterocycles. The molecule has 29 heavy (non-hydrogen) atoms. The van der Waals surface area contributed by atoms with Gasteiger partial charge in [0.2, 0.25) is 0 Å². The van der Waals surface area contributed by atoms with Gasteiger partial charge in [-0.05, 0) is 60.7 Å². The maximum absolute atomic E-state index is 14.3. The van der Waals surface area contributed by atoms with Gasteiger partial charge in [0.25, 0.3) is 0 Å². The highest BCUT2D eigenvalue weighted by molar-refractivity contribution is 5.85. The number of hydrogen-bond acceptors (Lipinski definition) is 2. The Morgan fingerprint density at radius 2 is 1.55 bits per heavy atom. The first-order valence-corrected chi connectivity index (χ1v) is 8.79. The number of carbonyl (C=O) groups is 1. The highest BCUT2D eigenvalue weighted by atomic mass is 19.4. The summed E-state index contributed by atoms with van der Waals surface area (Å²) in [4.78, 5) is 10.5. The Bertz CT molecular complexity index is 825. The van der Waals surface area contributed by atoms with Crippen molar-refractivity contribution in [2.75, 3.05) is 0 Å². The zero-order chi connectivity index (χ0) is 21.5. The summed E-state index contributed by atoms with van der Waals surface area (Å²) in [5, 5.41) is 8.56. The summed E-state index contributed by atoms with van der Waals surface area (Å²) in [7, 11) is 0. The highest BCUT2D eigenvalue weighted by Gasteiger charge is 2.34. The average molecular weight is 414 g/mol. The van der Waals surface area contributed by atoms with Crippen LogP contribution in [0.5, 0.6) is 5.75 Å². The van der Waals surface area contributed by atoms with Crippen molar-refractivity contribution in [1.29, 1.82) is 0 Å². The molecule has 0 saturated heterocycles. The topological polar surface area (TPSA) is 46.5 Å². The molecule has 0 unspecified atom stereocenters. The summed E-state index contributed by atoms with van der Waals surface area (Å²) in [6, 6.07) is 10.7. The first-order chi connectivity index (χ1) is 13.5. The minimum atomic E-state index is -4.17. The van der Waals surface area contributed by atoms with Crippen molar-refractivity contribution >= 4 is 12.0 Å². The fourth-order valence-corrected chi connectivity index (χ4v) is 2.54. The Hall–Kier alpha value is -2.90. The first kappa shape index (κ1) is 22.4. The number of halogens is 5. The summed E-state index contributed by atoms with van der Waals surface area (Å²) in [5.74, 6) is -1.23. The monoisotopic (exact) mass is 414 g/mol. The van der Waals surface area contributed by atoms with Crippen molar-refractivity contribution in [2.24, 2.45) is 0 Å². The lowest BCUT2D eigenvalue weighted by Crippen LogP contribution is -2.21. The largest absolute Gasteiger partial charge is 0.478 e. The molecule has 0 spiro atoms. The van der Waals surface area contributed by atoms with Gasteiger partial charge in [0, 0.05) is 12.5 Å². The number of ether oxygens (including phenoxy) is 1. The summed E-state index contributed by atoms with van der Waals surface area (Å²) in [6.45, 7) is 0. The first-order valence-electron chi connectivity index (χ1n) is 8.79. The van der Waals surface area contributed by atoms with E-state index < -0.39 is 30.2 Å². The Morgan fingerprint density at radius 1 is 0.931 bits per heavy atom. The van der Waals surface area contributed by atoms with Crippen molar-refractivity contribution in [1.82, 2.24) is 0 Å². The number of carboxylic acids is 1. The molecule has 0 saturated carbocycles. The summed E-state index contributed by atoms with van der Waals surface area (Å²) >= 11 is 0. The molecule has 2 rings (SSSR count). The van der Waals surface area contributed by atoms with Gasteiger partial charge in [-0.1, -0.05) is 24.3 Å². The van der Waals surface area contributed by atoms with E-state index in [0.29, 0.717) is 18.4 Å². The maximum atomic E-state index is 14.3. The van der Waals surface area contributed by atoms with Gasteiger partial charge in [-0.15, -0.1) is 0 Å². The second kappa shape index (κ2) is 9.54. The number of rotatable bonds is 9. The number of alkyl halides is 5. The van der Waals surface area contributed by atoms with Gasteiger partial charge in [-0.3, -0.25) is 0 Å². The number of carboxylic acid groups (broad SMARTS) is 1. The normalized spacial score (nSPS) is 12.3. The predicted octanol–water partition coefficient (Wildman–Crippen LogP) is 6.19. The van der Waals surface area contributed by atoms with E-state index in [0.717, 1.165) is 23.8 Å². The second-order valence-corrected chi connectivity index (χ2v) is 6.38. The minimum Gasteiger partial charge on any atom is -0.478 e. The summed E-state index contributed by atoms with van der Waals surface area (Å²) in [5.41, 5.74) is 0.778. The molecular weight excluding hydrogens is 395 g/mol. The van der Waals surface area contributed by atoms with Crippen LogP contribution in [0.4, 0.5) is 22.0 Å². The van der Waals surface area contributed by atoms with E-state index in [4.69, 9.17) is 9.84 Å². The average Bonchev–Trinajstić information content (AvgIpc) is 2.64. The zero-order valence-electron chi connectivity index (χ0n) is 15.3. The number of benzene rings is 2. The van der Waals surface area contributed by atoms with Crippen molar-refractivity contribution < 1.29 is 36.6 Å². The number of hydrogen-bond donors (Lipinski definition) is 1. The molecule has 0 radical (unpaired) electrons. The van der Waals surface area contributed by atoms with E-state index in [9.17, 15) is 26.7 Å². The molecule has 0 bridgehead atoms. The van der Waals surface area contributed by atoms with Crippen LogP contribution in [0.25, 0.3) is 6.08 Å². The number of aliphatic carboxylic acids is 1. The Morgan fingerprint density at radius 3 is 2.10 bits per heavy atom. The van der Waals surface area contributed by atoms with Crippen LogP contribution >= 0.6 is 0 Å². The van der Waals surface area contributed by atoms with Gasteiger partial charge >= 0.3 is 18.3 Å². The van der Waals surface area contributed by atoms with E-state index in [1.54, 1.807) is 12.1 Å². The van der Waals surface area contributed by atoms with Crippen LogP contribution in [0, 0.1) is 0 Å². The van der Waals surface area contributed by atoms with E-state index in [-0.39, 0.29) is 12.2 Å². The van der Waals surface area contributed by atoms with Crippen LogP contribution in [-0.4, -0.2) is 17.3 Å². The van der Waals surface area contributed by atoms with Gasteiger partial charge in [0.05, 0.1) is 5.56 Å².